The number of allylic oxidation sites excluding steroid dienone is 1. The molecule has 35 heavy (non-hydrogen) atoms. The third-order valence-corrected chi connectivity index (χ3v) is 7.28. The molecule has 182 valence electrons. The van der Waals surface area contributed by atoms with Crippen molar-refractivity contribution in [2.45, 2.75) is 32.1 Å². The summed E-state index contributed by atoms with van der Waals surface area (Å²) in [5, 5.41) is 15.2. The molecule has 0 radical (unpaired) electrons. The number of benzene rings is 3. The topological polar surface area (TPSA) is 92.9 Å². The second-order valence-electron chi connectivity index (χ2n) is 9.29. The largest absolute Gasteiger partial charge is 0.508 e. The zero-order valence-electron chi connectivity index (χ0n) is 19.6. The first kappa shape index (κ1) is 23.6. The zero-order chi connectivity index (χ0) is 24.4. The first-order valence-corrected chi connectivity index (χ1v) is 13.5. The number of nitrogens with zero attached hydrogens (tertiary/aromatic N) is 1. The van der Waals surface area contributed by atoms with Gasteiger partial charge in [-0.05, 0) is 108 Å². The van der Waals surface area contributed by atoms with Crippen LogP contribution in [0.3, 0.4) is 0 Å². The van der Waals surface area contributed by atoms with Gasteiger partial charge in [-0.25, -0.2) is 0 Å². The van der Waals surface area contributed by atoms with E-state index in [0.717, 1.165) is 59.2 Å². The predicted octanol–water partition coefficient (Wildman–Crippen LogP) is 4.52. The molecule has 0 atom stereocenters. The summed E-state index contributed by atoms with van der Waals surface area (Å²) in [6.07, 6.45) is 5.10. The van der Waals surface area contributed by atoms with Gasteiger partial charge in [0.15, 0.2) is 0 Å². The Morgan fingerprint density at radius 1 is 0.914 bits per heavy atom. The number of hydrogen-bond acceptors (Lipinski definition) is 5. The van der Waals surface area contributed by atoms with Crippen LogP contribution in [0.1, 0.15) is 47.1 Å². The van der Waals surface area contributed by atoms with Gasteiger partial charge in [0.05, 0.1) is 0 Å². The minimum absolute atomic E-state index is 0.212. The highest BCUT2D eigenvalue weighted by atomic mass is 32.2. The van der Waals surface area contributed by atoms with Crippen molar-refractivity contribution in [3.8, 4) is 11.5 Å². The SMILES string of the molecule is NS(=O)(=O)Oc1ccc2c(c1)CCC(c1cccc(O)c1)=C2c1ccc(CCN2CCCC2)cc1. The lowest BCUT2D eigenvalue weighted by atomic mass is 9.79. The van der Waals surface area contributed by atoms with Crippen LogP contribution < -0.4 is 9.32 Å². The van der Waals surface area contributed by atoms with Crippen LogP contribution in [0.15, 0.2) is 66.7 Å². The molecule has 0 unspecified atom stereocenters. The maximum absolute atomic E-state index is 11.4. The van der Waals surface area contributed by atoms with E-state index in [1.807, 2.05) is 18.2 Å². The molecule has 3 aromatic carbocycles. The number of aryl methyl sites for hydroxylation is 1. The van der Waals surface area contributed by atoms with E-state index in [2.05, 4.69) is 29.2 Å². The van der Waals surface area contributed by atoms with E-state index in [1.54, 1.807) is 24.3 Å². The van der Waals surface area contributed by atoms with Crippen LogP contribution in [0, 0.1) is 0 Å². The number of fused-ring (bicyclic) bond motifs is 1. The highest BCUT2D eigenvalue weighted by Crippen LogP contribution is 2.42. The van der Waals surface area contributed by atoms with Crippen LogP contribution >= 0.6 is 0 Å². The van der Waals surface area contributed by atoms with Crippen molar-refractivity contribution in [2.75, 3.05) is 19.6 Å². The molecule has 0 saturated carbocycles. The van der Waals surface area contributed by atoms with Crippen LogP contribution in [-0.2, 0) is 23.1 Å². The summed E-state index contributed by atoms with van der Waals surface area (Å²) < 4.78 is 27.7. The third-order valence-electron chi connectivity index (χ3n) is 6.86. The number of hydrogen-bond donors (Lipinski definition) is 2. The molecule has 1 saturated heterocycles. The molecule has 3 aromatic rings. The highest BCUT2D eigenvalue weighted by Gasteiger charge is 2.23. The number of phenolic OH excluding ortho intramolecular Hbond substituents is 1. The molecular weight excluding hydrogens is 460 g/mol. The molecular formula is C28H30N2O4S. The van der Waals surface area contributed by atoms with Gasteiger partial charge < -0.3 is 14.2 Å². The van der Waals surface area contributed by atoms with E-state index in [4.69, 9.17) is 9.32 Å². The van der Waals surface area contributed by atoms with Crippen molar-refractivity contribution in [2.24, 2.45) is 5.14 Å². The van der Waals surface area contributed by atoms with Gasteiger partial charge in [0.25, 0.3) is 0 Å². The standard InChI is InChI=1S/C28H30N2O4S/c29-35(32,33)34-25-11-13-27-23(19-25)10-12-26(22-4-3-5-24(31)18-22)28(27)21-8-6-20(7-9-21)14-17-30-15-1-2-16-30/h3-9,11,13,18-19,31H,1-2,10,12,14-17H2,(H2,29,32,33). The smallest absolute Gasteiger partial charge is 0.380 e. The molecule has 1 aliphatic heterocycles. The fourth-order valence-corrected chi connectivity index (χ4v) is 5.57. The Balaban J connectivity index is 1.52. The average Bonchev–Trinajstić information content (AvgIpc) is 3.35. The lowest BCUT2D eigenvalue weighted by Gasteiger charge is -2.25. The van der Waals surface area contributed by atoms with Gasteiger partial charge in [0.1, 0.15) is 11.5 Å². The summed E-state index contributed by atoms with van der Waals surface area (Å²) in [6.45, 7) is 3.49. The van der Waals surface area contributed by atoms with E-state index in [-0.39, 0.29) is 11.5 Å². The first-order chi connectivity index (χ1) is 16.9. The van der Waals surface area contributed by atoms with Crippen LogP contribution in [-0.4, -0.2) is 38.1 Å². The van der Waals surface area contributed by atoms with Gasteiger partial charge in [-0.2, -0.15) is 13.6 Å². The maximum Gasteiger partial charge on any atom is 0.380 e. The molecule has 6 nitrogen and oxygen atoms in total. The van der Waals surface area contributed by atoms with Crippen molar-refractivity contribution in [1.82, 2.24) is 4.90 Å². The molecule has 0 spiro atoms. The summed E-state index contributed by atoms with van der Waals surface area (Å²) in [6, 6.07) is 21.4. The van der Waals surface area contributed by atoms with Crippen molar-refractivity contribution in [3.63, 3.8) is 0 Å². The summed E-state index contributed by atoms with van der Waals surface area (Å²) >= 11 is 0. The minimum Gasteiger partial charge on any atom is -0.508 e. The van der Waals surface area contributed by atoms with Crippen LogP contribution in [0.5, 0.6) is 11.5 Å². The minimum atomic E-state index is -4.09. The highest BCUT2D eigenvalue weighted by molar-refractivity contribution is 7.84. The maximum atomic E-state index is 11.4. The number of rotatable bonds is 7. The van der Waals surface area contributed by atoms with E-state index < -0.39 is 10.3 Å². The number of phenols is 1. The summed E-state index contributed by atoms with van der Waals surface area (Å²) in [5.74, 6) is 0.443. The molecule has 0 amide bonds. The van der Waals surface area contributed by atoms with Crippen molar-refractivity contribution >= 4 is 21.5 Å². The number of nitrogens with two attached hydrogens (primary N) is 1. The second-order valence-corrected chi connectivity index (χ2v) is 10.4. The van der Waals surface area contributed by atoms with Crippen molar-refractivity contribution in [3.05, 3.63) is 94.5 Å². The Morgan fingerprint density at radius 3 is 2.40 bits per heavy atom. The van der Waals surface area contributed by atoms with Gasteiger partial charge >= 0.3 is 10.3 Å². The van der Waals surface area contributed by atoms with E-state index in [0.29, 0.717) is 0 Å². The lowest BCUT2D eigenvalue weighted by Crippen LogP contribution is -2.21. The van der Waals surface area contributed by atoms with Gasteiger partial charge in [0, 0.05) is 6.54 Å². The molecule has 1 heterocycles. The number of likely N-dealkylation sites (tertiary alicyclic amines) is 1. The quantitative estimate of drug-likeness (QED) is 0.508. The first-order valence-electron chi connectivity index (χ1n) is 12.1. The predicted molar refractivity (Wildman–Crippen MR) is 138 cm³/mol. The van der Waals surface area contributed by atoms with Crippen LogP contribution in [0.2, 0.25) is 0 Å². The Hall–Kier alpha value is -3.13. The molecule has 1 aliphatic carbocycles. The average molecular weight is 491 g/mol. The van der Waals surface area contributed by atoms with Gasteiger partial charge in [-0.3, -0.25) is 0 Å². The molecule has 0 bridgehead atoms. The van der Waals surface area contributed by atoms with Gasteiger partial charge in [-0.15, -0.1) is 0 Å². The summed E-state index contributed by atoms with van der Waals surface area (Å²) in [4.78, 5) is 2.52. The molecule has 7 heteroatoms. The van der Waals surface area contributed by atoms with E-state index >= 15 is 0 Å². The van der Waals surface area contributed by atoms with Gasteiger partial charge in [-0.1, -0.05) is 42.5 Å². The normalized spacial score (nSPS) is 16.4. The number of aromatic hydroxyl groups is 1. The van der Waals surface area contributed by atoms with Crippen molar-refractivity contribution < 1.29 is 17.7 Å². The Morgan fingerprint density at radius 2 is 1.69 bits per heavy atom. The molecule has 0 aromatic heterocycles. The summed E-state index contributed by atoms with van der Waals surface area (Å²) in [7, 11) is -4.09. The fourth-order valence-electron chi connectivity index (χ4n) is 5.20. The molecule has 3 N–H and O–H groups in total. The second kappa shape index (κ2) is 9.85. The van der Waals surface area contributed by atoms with Crippen LogP contribution in [0.25, 0.3) is 11.1 Å². The Bertz CT molecular complexity index is 1360. The van der Waals surface area contributed by atoms with Crippen LogP contribution in [0.4, 0.5) is 0 Å². The van der Waals surface area contributed by atoms with Gasteiger partial charge in [0.2, 0.25) is 0 Å². The van der Waals surface area contributed by atoms with E-state index in [9.17, 15) is 13.5 Å². The molecule has 1 fully saturated rings. The lowest BCUT2D eigenvalue weighted by molar-refractivity contribution is 0.343. The molecule has 5 rings (SSSR count). The Kier molecular flexibility index (Phi) is 6.65. The van der Waals surface area contributed by atoms with Crippen molar-refractivity contribution in [1.29, 1.82) is 0 Å². The fraction of sp³-hybridized carbons (Fsp3) is 0.286. The summed E-state index contributed by atoms with van der Waals surface area (Å²) in [5.41, 5.74) is 7.66. The molecule has 2 aliphatic rings. The van der Waals surface area contributed by atoms with E-state index in [1.165, 1.54) is 31.5 Å². The third kappa shape index (κ3) is 5.59. The monoisotopic (exact) mass is 490 g/mol. The Labute approximate surface area is 206 Å². The zero-order valence-corrected chi connectivity index (χ0v) is 20.4.